The van der Waals surface area contributed by atoms with Crippen LogP contribution in [0, 0.1) is 0 Å². The van der Waals surface area contributed by atoms with Crippen molar-refractivity contribution in [3.63, 3.8) is 0 Å². The van der Waals surface area contributed by atoms with E-state index in [4.69, 9.17) is 5.73 Å². The van der Waals surface area contributed by atoms with Crippen molar-refractivity contribution in [3.05, 3.63) is 29.3 Å². The van der Waals surface area contributed by atoms with E-state index in [1.807, 2.05) is 19.1 Å². The third-order valence-electron chi connectivity index (χ3n) is 3.78. The van der Waals surface area contributed by atoms with Crippen LogP contribution in [0.25, 0.3) is 0 Å². The SMILES string of the molecule is CCC(C)NC(=O)CN1CCc2cccc(N)c2C1. The third-order valence-corrected chi connectivity index (χ3v) is 3.78. The topological polar surface area (TPSA) is 58.4 Å². The molecule has 1 aromatic carbocycles. The third kappa shape index (κ3) is 3.47. The summed E-state index contributed by atoms with van der Waals surface area (Å²) in [6.45, 7) is 6.25. The van der Waals surface area contributed by atoms with Crippen molar-refractivity contribution in [2.45, 2.75) is 39.3 Å². The molecule has 0 saturated carbocycles. The Morgan fingerprint density at radius 3 is 3.05 bits per heavy atom. The number of nitrogens with zero attached hydrogens (tertiary/aromatic N) is 1. The van der Waals surface area contributed by atoms with Crippen LogP contribution >= 0.6 is 0 Å². The average molecular weight is 261 g/mol. The van der Waals surface area contributed by atoms with Gasteiger partial charge >= 0.3 is 0 Å². The number of nitrogens with two attached hydrogens (primary N) is 1. The number of nitrogens with one attached hydrogen (secondary N) is 1. The van der Waals surface area contributed by atoms with E-state index in [-0.39, 0.29) is 11.9 Å². The number of hydrogen-bond acceptors (Lipinski definition) is 3. The lowest BCUT2D eigenvalue weighted by Crippen LogP contribution is -2.42. The molecule has 1 aliphatic heterocycles. The Kier molecular flexibility index (Phi) is 4.43. The van der Waals surface area contributed by atoms with Gasteiger partial charge in [0.05, 0.1) is 6.54 Å². The molecule has 1 aliphatic rings. The van der Waals surface area contributed by atoms with Gasteiger partial charge in [-0.05, 0) is 37.0 Å². The van der Waals surface area contributed by atoms with Gasteiger partial charge in [-0.1, -0.05) is 19.1 Å². The van der Waals surface area contributed by atoms with Gasteiger partial charge in [-0.3, -0.25) is 9.69 Å². The van der Waals surface area contributed by atoms with Crippen molar-refractivity contribution in [1.29, 1.82) is 0 Å². The van der Waals surface area contributed by atoms with Crippen LogP contribution in [0.4, 0.5) is 5.69 Å². The zero-order valence-corrected chi connectivity index (χ0v) is 11.8. The minimum atomic E-state index is 0.104. The Balaban J connectivity index is 1.95. The van der Waals surface area contributed by atoms with Gasteiger partial charge in [0.15, 0.2) is 0 Å². The van der Waals surface area contributed by atoms with Crippen molar-refractivity contribution >= 4 is 11.6 Å². The molecule has 0 radical (unpaired) electrons. The van der Waals surface area contributed by atoms with E-state index in [0.29, 0.717) is 6.54 Å². The quantitative estimate of drug-likeness (QED) is 0.808. The molecule has 1 atom stereocenters. The molecule has 104 valence electrons. The predicted molar refractivity (Wildman–Crippen MR) is 77.7 cm³/mol. The van der Waals surface area contributed by atoms with E-state index in [0.717, 1.165) is 31.6 Å². The Labute approximate surface area is 115 Å². The molecule has 1 unspecified atom stereocenters. The molecule has 1 aromatic rings. The first kappa shape index (κ1) is 13.9. The molecule has 0 fully saturated rings. The number of anilines is 1. The number of hydrogen-bond donors (Lipinski definition) is 2. The number of rotatable bonds is 4. The first-order valence-electron chi connectivity index (χ1n) is 6.98. The molecule has 0 bridgehead atoms. The van der Waals surface area contributed by atoms with Crippen molar-refractivity contribution in [1.82, 2.24) is 10.2 Å². The Morgan fingerprint density at radius 1 is 1.53 bits per heavy atom. The molecule has 0 aliphatic carbocycles. The second-order valence-electron chi connectivity index (χ2n) is 5.32. The van der Waals surface area contributed by atoms with Gasteiger partial charge in [-0.2, -0.15) is 0 Å². The minimum Gasteiger partial charge on any atom is -0.398 e. The van der Waals surface area contributed by atoms with Gasteiger partial charge in [0.2, 0.25) is 5.91 Å². The molecule has 1 amide bonds. The first-order chi connectivity index (χ1) is 9.10. The molecule has 0 saturated heterocycles. The molecule has 3 N–H and O–H groups in total. The number of amides is 1. The molecule has 19 heavy (non-hydrogen) atoms. The highest BCUT2D eigenvalue weighted by atomic mass is 16.2. The number of carbonyl (C=O) groups excluding carboxylic acids is 1. The van der Waals surface area contributed by atoms with Crippen molar-refractivity contribution in [2.24, 2.45) is 0 Å². The summed E-state index contributed by atoms with van der Waals surface area (Å²) < 4.78 is 0. The van der Waals surface area contributed by atoms with Crippen LogP contribution in [0.2, 0.25) is 0 Å². The van der Waals surface area contributed by atoms with Gasteiger partial charge in [-0.15, -0.1) is 0 Å². The van der Waals surface area contributed by atoms with Gasteiger partial charge in [0, 0.05) is 24.8 Å². The molecular weight excluding hydrogens is 238 g/mol. The minimum absolute atomic E-state index is 0.104. The lowest BCUT2D eigenvalue weighted by molar-refractivity contribution is -0.123. The second-order valence-corrected chi connectivity index (χ2v) is 5.32. The van der Waals surface area contributed by atoms with Crippen LogP contribution in [0.5, 0.6) is 0 Å². The molecule has 1 heterocycles. The summed E-state index contributed by atoms with van der Waals surface area (Å²) in [4.78, 5) is 14.1. The maximum atomic E-state index is 11.9. The molecular formula is C15H23N3O. The van der Waals surface area contributed by atoms with Crippen molar-refractivity contribution in [2.75, 3.05) is 18.8 Å². The molecule has 4 nitrogen and oxygen atoms in total. The van der Waals surface area contributed by atoms with Crippen LogP contribution in [0.15, 0.2) is 18.2 Å². The van der Waals surface area contributed by atoms with Crippen LogP contribution in [-0.4, -0.2) is 29.9 Å². The maximum absolute atomic E-state index is 11.9. The molecule has 0 aromatic heterocycles. The number of carbonyl (C=O) groups is 1. The van der Waals surface area contributed by atoms with Crippen LogP contribution in [0.1, 0.15) is 31.4 Å². The average Bonchev–Trinajstić information content (AvgIpc) is 2.39. The zero-order valence-electron chi connectivity index (χ0n) is 11.8. The lowest BCUT2D eigenvalue weighted by Gasteiger charge is -2.29. The monoisotopic (exact) mass is 261 g/mol. The summed E-state index contributed by atoms with van der Waals surface area (Å²) in [5, 5.41) is 3.00. The van der Waals surface area contributed by atoms with Gasteiger partial charge in [0.1, 0.15) is 0 Å². The van der Waals surface area contributed by atoms with Gasteiger partial charge in [-0.25, -0.2) is 0 Å². The highest BCUT2D eigenvalue weighted by Gasteiger charge is 2.20. The smallest absolute Gasteiger partial charge is 0.234 e. The zero-order chi connectivity index (χ0) is 13.8. The fourth-order valence-electron chi connectivity index (χ4n) is 2.42. The van der Waals surface area contributed by atoms with E-state index in [1.54, 1.807) is 0 Å². The predicted octanol–water partition coefficient (Wildman–Crippen LogP) is 1.54. The standard InChI is InChI=1S/C15H23N3O/c1-3-11(2)17-15(19)10-18-8-7-12-5-4-6-14(16)13(12)9-18/h4-6,11H,3,7-10,16H2,1-2H3,(H,17,19). The summed E-state index contributed by atoms with van der Waals surface area (Å²) >= 11 is 0. The van der Waals surface area contributed by atoms with Crippen LogP contribution < -0.4 is 11.1 Å². The lowest BCUT2D eigenvalue weighted by atomic mass is 9.98. The Hall–Kier alpha value is -1.55. The second kappa shape index (κ2) is 6.06. The maximum Gasteiger partial charge on any atom is 0.234 e. The van der Waals surface area contributed by atoms with E-state index >= 15 is 0 Å². The number of nitrogen functional groups attached to an aromatic ring is 1. The highest BCUT2D eigenvalue weighted by molar-refractivity contribution is 5.78. The van der Waals surface area contributed by atoms with E-state index in [9.17, 15) is 4.79 Å². The fraction of sp³-hybridized carbons (Fsp3) is 0.533. The molecule has 2 rings (SSSR count). The van der Waals surface area contributed by atoms with E-state index < -0.39 is 0 Å². The number of benzene rings is 1. The summed E-state index contributed by atoms with van der Waals surface area (Å²) in [5.41, 5.74) is 9.35. The van der Waals surface area contributed by atoms with Crippen LogP contribution in [-0.2, 0) is 17.8 Å². The van der Waals surface area contributed by atoms with Gasteiger partial charge < -0.3 is 11.1 Å². The normalized spacial score (nSPS) is 16.7. The van der Waals surface area contributed by atoms with Crippen molar-refractivity contribution < 1.29 is 4.79 Å². The van der Waals surface area contributed by atoms with Crippen LogP contribution in [0.3, 0.4) is 0 Å². The van der Waals surface area contributed by atoms with E-state index in [2.05, 4.69) is 23.2 Å². The summed E-state index contributed by atoms with van der Waals surface area (Å²) in [6, 6.07) is 6.30. The summed E-state index contributed by atoms with van der Waals surface area (Å²) in [7, 11) is 0. The van der Waals surface area contributed by atoms with E-state index in [1.165, 1.54) is 11.1 Å². The Bertz CT molecular complexity index is 459. The molecule has 0 spiro atoms. The molecule has 4 heteroatoms. The van der Waals surface area contributed by atoms with Gasteiger partial charge in [0.25, 0.3) is 0 Å². The summed E-state index contributed by atoms with van der Waals surface area (Å²) in [6.07, 6.45) is 1.93. The summed E-state index contributed by atoms with van der Waals surface area (Å²) in [5.74, 6) is 0.104. The fourth-order valence-corrected chi connectivity index (χ4v) is 2.42. The number of fused-ring (bicyclic) bond motifs is 1. The highest BCUT2D eigenvalue weighted by Crippen LogP contribution is 2.23. The largest absolute Gasteiger partial charge is 0.398 e. The van der Waals surface area contributed by atoms with Crippen molar-refractivity contribution in [3.8, 4) is 0 Å². The first-order valence-corrected chi connectivity index (χ1v) is 6.98. The Morgan fingerprint density at radius 2 is 2.32 bits per heavy atom.